The van der Waals surface area contributed by atoms with Crippen molar-refractivity contribution >= 4 is 6.29 Å². The molecule has 2 aromatic heterocycles. The normalized spacial score (nSPS) is 9.12. The Balaban J connectivity index is 0. The number of rotatable bonds is 5. The average molecular weight is 364 g/mol. The number of nitrogens with one attached hydrogen (secondary N) is 3. The van der Waals surface area contributed by atoms with Crippen LogP contribution in [0.25, 0.3) is 0 Å². The first kappa shape index (κ1) is 25.7. The van der Waals surface area contributed by atoms with Gasteiger partial charge in [-0.1, -0.05) is 19.6 Å². The van der Waals surface area contributed by atoms with Gasteiger partial charge < -0.3 is 25.0 Å². The number of pyridine rings is 2. The molecule has 2 rings (SSSR count). The fraction of sp³-hybridized carbons (Fsp3) is 0.421. The Morgan fingerprint density at radius 3 is 1.77 bits per heavy atom. The van der Waals surface area contributed by atoms with Crippen LogP contribution in [0, 0.1) is 0 Å². The van der Waals surface area contributed by atoms with Crippen molar-refractivity contribution in [3.05, 3.63) is 68.5 Å². The van der Waals surface area contributed by atoms with Crippen LogP contribution in [0.2, 0.25) is 0 Å². The Bertz CT molecular complexity index is 667. The van der Waals surface area contributed by atoms with Gasteiger partial charge in [-0.25, -0.2) is 0 Å². The Morgan fingerprint density at radius 1 is 0.962 bits per heavy atom. The third-order valence-electron chi connectivity index (χ3n) is 2.86. The lowest BCUT2D eigenvalue weighted by Crippen LogP contribution is -2.15. The second-order valence-electron chi connectivity index (χ2n) is 5.55. The van der Waals surface area contributed by atoms with Gasteiger partial charge in [0.05, 0.1) is 0 Å². The number of aromatic nitrogens is 2. The zero-order valence-corrected chi connectivity index (χ0v) is 15.3. The average Bonchev–Trinajstić information content (AvgIpc) is 2.58. The summed E-state index contributed by atoms with van der Waals surface area (Å²) < 4.78 is 0. The molecule has 0 bridgehead atoms. The predicted molar refractivity (Wildman–Crippen MR) is 108 cm³/mol. The molecule has 0 fully saturated rings. The fourth-order valence-electron chi connectivity index (χ4n) is 1.62. The summed E-state index contributed by atoms with van der Waals surface area (Å²) in [4.78, 5) is 38.4. The molecule has 0 aliphatic heterocycles. The van der Waals surface area contributed by atoms with E-state index in [2.05, 4.69) is 20.2 Å². The summed E-state index contributed by atoms with van der Waals surface area (Å²) in [6, 6.07) is 6.46. The van der Waals surface area contributed by atoms with E-state index < -0.39 is 0 Å². The molecule has 0 amide bonds. The van der Waals surface area contributed by atoms with Gasteiger partial charge in [-0.2, -0.15) is 0 Å². The maximum Gasteiger partial charge on any atom is 0.247 e. The van der Waals surface area contributed by atoms with Crippen LogP contribution >= 0.6 is 0 Å². The molecule has 0 spiro atoms. The Hall–Kier alpha value is -2.51. The van der Waals surface area contributed by atoms with Gasteiger partial charge in [0.2, 0.25) is 11.1 Å². The van der Waals surface area contributed by atoms with Crippen molar-refractivity contribution in [3.63, 3.8) is 0 Å². The van der Waals surface area contributed by atoms with Crippen LogP contribution in [0.4, 0.5) is 0 Å². The monoisotopic (exact) mass is 364 g/mol. The predicted octanol–water partition coefficient (Wildman–Crippen LogP) is 1.07. The number of likely N-dealkylation sites (N-methyl/N-ethyl adjacent to an activating group) is 1. The molecule has 0 unspecified atom stereocenters. The van der Waals surface area contributed by atoms with Gasteiger partial charge >= 0.3 is 0 Å². The highest BCUT2D eigenvalue weighted by Gasteiger charge is 1.93. The first-order chi connectivity index (χ1) is 11.9. The lowest BCUT2D eigenvalue weighted by atomic mass is 10.2. The maximum atomic E-state index is 10.7. The summed E-state index contributed by atoms with van der Waals surface area (Å²) in [6.07, 6.45) is 5.44. The minimum absolute atomic E-state index is 0. The summed E-state index contributed by atoms with van der Waals surface area (Å²) >= 11 is 0. The van der Waals surface area contributed by atoms with Crippen molar-refractivity contribution in [2.45, 2.75) is 20.3 Å². The summed E-state index contributed by atoms with van der Waals surface area (Å²) in [6.45, 7) is 1.01. The van der Waals surface area contributed by atoms with E-state index in [4.69, 9.17) is 0 Å². The summed E-state index contributed by atoms with van der Waals surface area (Å²) in [5, 5.41) is 2.75. The largest absolute Gasteiger partial charge is 0.329 e. The van der Waals surface area contributed by atoms with Gasteiger partial charge in [0.25, 0.3) is 0 Å². The van der Waals surface area contributed by atoms with E-state index in [0.717, 1.165) is 24.8 Å². The van der Waals surface area contributed by atoms with Gasteiger partial charge in [0.15, 0.2) is 0 Å². The van der Waals surface area contributed by atoms with Crippen LogP contribution < -0.4 is 16.4 Å². The number of hydrogen-bond acceptors (Lipinski definition) is 5. The van der Waals surface area contributed by atoms with Gasteiger partial charge in [0, 0.05) is 37.5 Å². The third-order valence-corrected chi connectivity index (χ3v) is 2.86. The number of H-pyrrole nitrogens is 2. The molecule has 0 saturated carbocycles. The van der Waals surface area contributed by atoms with Gasteiger partial charge in [0.1, 0.15) is 6.29 Å². The molecule has 0 aromatic carbocycles. The molecule has 7 nitrogen and oxygen atoms in total. The van der Waals surface area contributed by atoms with Crippen molar-refractivity contribution in [3.8, 4) is 0 Å². The zero-order valence-electron chi connectivity index (χ0n) is 15.3. The molecule has 0 aliphatic carbocycles. The molecule has 0 atom stereocenters. The second kappa shape index (κ2) is 16.0. The number of hydrogen-bond donors (Lipinski definition) is 3. The number of carbonyl (C=O) groups is 1. The minimum atomic E-state index is -0.144. The van der Waals surface area contributed by atoms with Gasteiger partial charge in [-0.15, -0.1) is 0 Å². The summed E-state index contributed by atoms with van der Waals surface area (Å²) in [5.41, 5.74) is 1.82. The highest BCUT2D eigenvalue weighted by atomic mass is 16.1. The minimum Gasteiger partial charge on any atom is -0.329 e. The SMILES string of the molecule is C.CN(C)CCc1ccc(=O)[nH]c1.CNC.O=CCc1ccc(=O)[nH]c1. The molecule has 0 saturated heterocycles. The molecule has 0 aliphatic rings. The van der Waals surface area contributed by atoms with Crippen molar-refractivity contribution in [1.29, 1.82) is 0 Å². The lowest BCUT2D eigenvalue weighted by Gasteiger charge is -2.08. The van der Waals surface area contributed by atoms with Crippen molar-refractivity contribution in [1.82, 2.24) is 20.2 Å². The number of carbonyl (C=O) groups excluding carboxylic acids is 1. The van der Waals surface area contributed by atoms with Crippen LogP contribution in [-0.2, 0) is 17.6 Å². The van der Waals surface area contributed by atoms with Crippen molar-refractivity contribution in [2.24, 2.45) is 0 Å². The molecule has 2 heterocycles. The number of aromatic amines is 2. The van der Waals surface area contributed by atoms with Gasteiger partial charge in [-0.3, -0.25) is 9.59 Å². The van der Waals surface area contributed by atoms with Crippen LogP contribution in [-0.4, -0.2) is 55.9 Å². The molecular weight excluding hydrogens is 332 g/mol. The fourth-order valence-corrected chi connectivity index (χ4v) is 1.62. The van der Waals surface area contributed by atoms with Gasteiger partial charge in [-0.05, 0) is 45.7 Å². The topological polar surface area (TPSA) is 98.1 Å². The van der Waals surface area contributed by atoms with Crippen molar-refractivity contribution in [2.75, 3.05) is 34.7 Å². The molecule has 26 heavy (non-hydrogen) atoms. The van der Waals surface area contributed by atoms with E-state index in [1.165, 1.54) is 17.8 Å². The Morgan fingerprint density at radius 2 is 1.42 bits per heavy atom. The van der Waals surface area contributed by atoms with Crippen molar-refractivity contribution < 1.29 is 4.79 Å². The number of aldehydes is 1. The Kier molecular flexibility index (Phi) is 15.8. The van der Waals surface area contributed by atoms with Crippen LogP contribution in [0.3, 0.4) is 0 Å². The Labute approximate surface area is 155 Å². The molecule has 0 radical (unpaired) electrons. The summed E-state index contributed by atoms with van der Waals surface area (Å²) in [7, 11) is 7.82. The maximum absolute atomic E-state index is 10.7. The van der Waals surface area contributed by atoms with E-state index in [-0.39, 0.29) is 18.5 Å². The standard InChI is InChI=1S/C9H14N2O.C7H7NO2.C2H7N.CH4/c1-11(2)6-5-8-3-4-9(12)10-7-8;9-4-3-6-1-2-7(10)8-5-6;1-3-2;/h3-4,7H,5-6H2,1-2H3,(H,10,12);1-2,4-5H,3H2,(H,8,10);3H,1-2H3;1H4. The quantitative estimate of drug-likeness (QED) is 0.690. The van der Waals surface area contributed by atoms with E-state index >= 15 is 0 Å². The van der Waals surface area contributed by atoms with E-state index in [1.807, 2.05) is 34.3 Å². The first-order valence-electron chi connectivity index (χ1n) is 7.95. The number of nitrogens with zero attached hydrogens (tertiary/aromatic N) is 1. The lowest BCUT2D eigenvalue weighted by molar-refractivity contribution is -0.107. The van der Waals surface area contributed by atoms with E-state index in [1.54, 1.807) is 18.3 Å². The van der Waals surface area contributed by atoms with E-state index in [0.29, 0.717) is 6.42 Å². The van der Waals surface area contributed by atoms with Crippen LogP contribution in [0.5, 0.6) is 0 Å². The molecule has 3 N–H and O–H groups in total. The highest BCUT2D eigenvalue weighted by Crippen LogP contribution is 1.94. The zero-order chi connectivity index (χ0) is 19.1. The smallest absolute Gasteiger partial charge is 0.247 e. The molecule has 146 valence electrons. The summed E-state index contributed by atoms with van der Waals surface area (Å²) in [5.74, 6) is 0. The van der Waals surface area contributed by atoms with E-state index in [9.17, 15) is 14.4 Å². The molecule has 7 heteroatoms. The third kappa shape index (κ3) is 13.9. The molecular formula is C19H32N4O3. The highest BCUT2D eigenvalue weighted by molar-refractivity contribution is 5.54. The second-order valence-corrected chi connectivity index (χ2v) is 5.55. The first-order valence-corrected chi connectivity index (χ1v) is 7.95. The molecule has 2 aromatic rings. The van der Waals surface area contributed by atoms with Crippen LogP contribution in [0.15, 0.2) is 46.2 Å². The van der Waals surface area contributed by atoms with Crippen LogP contribution in [0.1, 0.15) is 18.6 Å².